The fourth-order valence-electron chi connectivity index (χ4n) is 3.21. The zero-order chi connectivity index (χ0) is 20.5. The van der Waals surface area contributed by atoms with E-state index >= 15 is 0 Å². The van der Waals surface area contributed by atoms with E-state index in [2.05, 4.69) is 0 Å². The Morgan fingerprint density at radius 3 is 2.43 bits per heavy atom. The summed E-state index contributed by atoms with van der Waals surface area (Å²) in [7, 11) is -3.92. The number of esters is 1. The summed E-state index contributed by atoms with van der Waals surface area (Å²) >= 11 is 0. The van der Waals surface area contributed by atoms with Gasteiger partial charge in [-0.25, -0.2) is 8.42 Å². The van der Waals surface area contributed by atoms with Gasteiger partial charge >= 0.3 is 5.97 Å². The topological polar surface area (TPSA) is 83.9 Å². The molecule has 6 nitrogen and oxygen atoms in total. The van der Waals surface area contributed by atoms with Crippen molar-refractivity contribution in [1.29, 1.82) is 0 Å². The molecular weight excluding hydrogens is 378 g/mol. The van der Waals surface area contributed by atoms with E-state index in [0.29, 0.717) is 0 Å². The number of nitrogens with zero attached hydrogens (tertiary/aromatic N) is 1. The summed E-state index contributed by atoms with van der Waals surface area (Å²) in [5.41, 5.74) is 3.74. The molecule has 0 radical (unpaired) electrons. The van der Waals surface area contributed by atoms with Gasteiger partial charge in [0.2, 0.25) is 10.0 Å². The lowest BCUT2D eigenvalue weighted by Crippen LogP contribution is -2.41. The number of carbonyl (C=O) groups excluding carboxylic acids is 1. The number of ether oxygens (including phenoxy) is 1. The van der Waals surface area contributed by atoms with Gasteiger partial charge in [0.05, 0.1) is 11.0 Å². The molecule has 0 aliphatic carbocycles. The van der Waals surface area contributed by atoms with Crippen LogP contribution in [0.4, 0.5) is 0 Å². The number of hydrogen-bond acceptors (Lipinski definition) is 5. The van der Waals surface area contributed by atoms with Gasteiger partial charge in [-0.1, -0.05) is 35.9 Å². The van der Waals surface area contributed by atoms with Crippen molar-refractivity contribution in [2.75, 3.05) is 6.54 Å². The van der Waals surface area contributed by atoms with Gasteiger partial charge < -0.3 is 9.84 Å². The molecule has 1 heterocycles. The van der Waals surface area contributed by atoms with Gasteiger partial charge in [-0.15, -0.1) is 0 Å². The first kappa shape index (κ1) is 20.5. The molecule has 1 aliphatic heterocycles. The van der Waals surface area contributed by atoms with Crippen molar-refractivity contribution >= 4 is 16.0 Å². The molecular formula is C21H25NO5S. The van der Waals surface area contributed by atoms with Crippen molar-refractivity contribution in [3.63, 3.8) is 0 Å². The molecule has 2 aromatic rings. The SMILES string of the molecule is Cc1ccc(COC(=O)[C@@H]2C[C@H](O)CN2S(=O)(=O)c2ccc(C)c(C)c2)cc1. The molecule has 0 bridgehead atoms. The van der Waals surface area contributed by atoms with E-state index in [4.69, 9.17) is 4.74 Å². The quantitative estimate of drug-likeness (QED) is 0.776. The number of aryl methyl sites for hydroxylation is 3. The average molecular weight is 404 g/mol. The lowest BCUT2D eigenvalue weighted by atomic mass is 10.1. The van der Waals surface area contributed by atoms with Gasteiger partial charge in [-0.05, 0) is 49.6 Å². The number of hydrogen-bond donors (Lipinski definition) is 1. The van der Waals surface area contributed by atoms with Crippen LogP contribution in [0.3, 0.4) is 0 Å². The van der Waals surface area contributed by atoms with Crippen molar-refractivity contribution in [2.45, 2.75) is 50.8 Å². The Bertz CT molecular complexity index is 969. The van der Waals surface area contributed by atoms with Crippen molar-refractivity contribution in [3.8, 4) is 0 Å². The minimum absolute atomic E-state index is 0.0246. The van der Waals surface area contributed by atoms with Crippen LogP contribution in [0.2, 0.25) is 0 Å². The molecule has 1 fully saturated rings. The maximum atomic E-state index is 13.1. The predicted octanol–water partition coefficient (Wildman–Crippen LogP) is 2.48. The zero-order valence-corrected chi connectivity index (χ0v) is 17.1. The molecule has 1 aliphatic rings. The van der Waals surface area contributed by atoms with E-state index < -0.39 is 28.1 Å². The molecule has 1 saturated heterocycles. The van der Waals surface area contributed by atoms with Gasteiger partial charge in [0.25, 0.3) is 0 Å². The second-order valence-electron chi connectivity index (χ2n) is 7.32. The molecule has 0 aromatic heterocycles. The van der Waals surface area contributed by atoms with Gasteiger partial charge in [0, 0.05) is 13.0 Å². The van der Waals surface area contributed by atoms with Gasteiger partial charge in [-0.2, -0.15) is 4.31 Å². The first-order valence-corrected chi connectivity index (χ1v) is 10.6. The highest BCUT2D eigenvalue weighted by Crippen LogP contribution is 2.28. The summed E-state index contributed by atoms with van der Waals surface area (Å²) in [6, 6.07) is 11.4. The lowest BCUT2D eigenvalue weighted by Gasteiger charge is -2.23. The minimum Gasteiger partial charge on any atom is -0.460 e. The predicted molar refractivity (Wildman–Crippen MR) is 105 cm³/mol. The fraction of sp³-hybridized carbons (Fsp3) is 0.381. The molecule has 0 saturated carbocycles. The lowest BCUT2D eigenvalue weighted by molar-refractivity contribution is -0.148. The van der Waals surface area contributed by atoms with E-state index in [1.165, 1.54) is 6.07 Å². The summed E-state index contributed by atoms with van der Waals surface area (Å²) in [5, 5.41) is 10.0. The number of sulfonamides is 1. The number of benzene rings is 2. The molecule has 28 heavy (non-hydrogen) atoms. The van der Waals surface area contributed by atoms with Crippen LogP contribution in [0, 0.1) is 20.8 Å². The summed E-state index contributed by atoms with van der Waals surface area (Å²) in [6.07, 6.45) is -0.880. The van der Waals surface area contributed by atoms with Crippen LogP contribution < -0.4 is 0 Å². The van der Waals surface area contributed by atoms with Crippen LogP contribution >= 0.6 is 0 Å². The third-order valence-electron chi connectivity index (χ3n) is 5.09. The number of carbonyl (C=O) groups is 1. The Hall–Kier alpha value is -2.22. The number of aliphatic hydroxyl groups excluding tert-OH is 1. The van der Waals surface area contributed by atoms with Crippen molar-refractivity contribution < 1.29 is 23.1 Å². The number of aliphatic hydroxyl groups is 1. The third-order valence-corrected chi connectivity index (χ3v) is 6.96. The average Bonchev–Trinajstić information content (AvgIpc) is 3.06. The third kappa shape index (κ3) is 4.27. The normalized spacial score (nSPS) is 20.3. The molecule has 0 unspecified atom stereocenters. The van der Waals surface area contributed by atoms with E-state index in [1.807, 2.05) is 45.0 Å². The molecule has 0 amide bonds. The molecule has 3 rings (SSSR count). The highest BCUT2D eigenvalue weighted by Gasteiger charge is 2.44. The van der Waals surface area contributed by atoms with Crippen LogP contribution in [-0.2, 0) is 26.2 Å². The van der Waals surface area contributed by atoms with Crippen LogP contribution in [0.15, 0.2) is 47.4 Å². The van der Waals surface area contributed by atoms with E-state index in [0.717, 1.165) is 26.6 Å². The van der Waals surface area contributed by atoms with Gasteiger partial charge in [0.1, 0.15) is 12.6 Å². The molecule has 2 atom stereocenters. The van der Waals surface area contributed by atoms with Crippen LogP contribution in [0.1, 0.15) is 28.7 Å². The Labute approximate surface area is 165 Å². The largest absolute Gasteiger partial charge is 0.460 e. The highest BCUT2D eigenvalue weighted by molar-refractivity contribution is 7.89. The maximum absolute atomic E-state index is 13.1. The molecule has 150 valence electrons. The first-order valence-electron chi connectivity index (χ1n) is 9.18. The summed E-state index contributed by atoms with van der Waals surface area (Å²) in [5.74, 6) is -0.649. The Kier molecular flexibility index (Phi) is 5.88. The zero-order valence-electron chi connectivity index (χ0n) is 16.3. The van der Waals surface area contributed by atoms with Crippen molar-refractivity contribution in [3.05, 3.63) is 64.7 Å². The summed E-state index contributed by atoms with van der Waals surface area (Å²) in [6.45, 7) is 5.63. The second-order valence-corrected chi connectivity index (χ2v) is 9.21. The smallest absolute Gasteiger partial charge is 0.324 e. The Balaban J connectivity index is 1.78. The molecule has 7 heteroatoms. The van der Waals surface area contributed by atoms with Gasteiger partial charge in [0.15, 0.2) is 0 Å². The number of β-amino-alcohol motifs (C(OH)–C–C–N with tert-alkyl or cyclic N) is 1. The van der Waals surface area contributed by atoms with Crippen LogP contribution in [-0.4, -0.2) is 42.5 Å². The fourth-order valence-corrected chi connectivity index (χ4v) is 4.92. The summed E-state index contributed by atoms with van der Waals surface area (Å²) < 4.78 is 32.6. The monoisotopic (exact) mass is 403 g/mol. The maximum Gasteiger partial charge on any atom is 0.324 e. The van der Waals surface area contributed by atoms with Crippen LogP contribution in [0.25, 0.3) is 0 Å². The van der Waals surface area contributed by atoms with Crippen LogP contribution in [0.5, 0.6) is 0 Å². The molecule has 0 spiro atoms. The van der Waals surface area contributed by atoms with Crippen molar-refractivity contribution in [2.24, 2.45) is 0 Å². The minimum atomic E-state index is -3.92. The standard InChI is InChI=1S/C21H25NO5S/c1-14-4-7-17(8-5-14)13-27-21(24)20-11-18(23)12-22(20)28(25,26)19-9-6-15(2)16(3)10-19/h4-10,18,20,23H,11-13H2,1-3H3/t18-,20-/m0/s1. The first-order chi connectivity index (χ1) is 13.2. The highest BCUT2D eigenvalue weighted by atomic mass is 32.2. The Morgan fingerprint density at radius 2 is 1.79 bits per heavy atom. The van der Waals surface area contributed by atoms with E-state index in [-0.39, 0.29) is 24.5 Å². The molecule has 1 N–H and O–H groups in total. The molecule has 2 aromatic carbocycles. The Morgan fingerprint density at radius 1 is 1.11 bits per heavy atom. The summed E-state index contributed by atoms with van der Waals surface area (Å²) in [4.78, 5) is 12.7. The van der Waals surface area contributed by atoms with E-state index in [1.54, 1.807) is 12.1 Å². The second kappa shape index (κ2) is 8.03. The van der Waals surface area contributed by atoms with E-state index in [9.17, 15) is 18.3 Å². The van der Waals surface area contributed by atoms with Gasteiger partial charge in [-0.3, -0.25) is 4.79 Å². The van der Waals surface area contributed by atoms with Crippen molar-refractivity contribution in [1.82, 2.24) is 4.31 Å². The number of rotatable bonds is 5.